The smallest absolute Gasteiger partial charge is 1.00 e. The van der Waals surface area contributed by atoms with Gasteiger partial charge in [0, 0.05) is 31.9 Å². The van der Waals surface area contributed by atoms with Gasteiger partial charge in [-0.05, 0) is 9.66 Å². The maximum absolute atomic E-state index is 2.84. The van der Waals surface area contributed by atoms with Gasteiger partial charge < -0.3 is 5.71 Å². The summed E-state index contributed by atoms with van der Waals surface area (Å²) >= 11 is 5.68. The molecule has 0 amide bonds. The predicted octanol–water partition coefficient (Wildman–Crippen LogP) is 1.38. The maximum atomic E-state index is 2.84. The van der Waals surface area contributed by atoms with Crippen LogP contribution in [0, 0.1) is 9.66 Å². The number of halogens is 2. The molecule has 0 aromatic carbocycles. The van der Waals surface area contributed by atoms with Gasteiger partial charge in [0.05, 0.1) is 0 Å². The van der Waals surface area contributed by atoms with Gasteiger partial charge in [-0.15, -0.1) is 0 Å². The molecule has 0 aliphatic heterocycles. The summed E-state index contributed by atoms with van der Waals surface area (Å²) in [5.74, 6) is 0. The summed E-state index contributed by atoms with van der Waals surface area (Å²) in [7, 11) is 0. The van der Waals surface area contributed by atoms with Crippen LogP contribution in [0.25, 0.3) is 0 Å². The molecule has 0 nitrogen and oxygen atoms in total. The molecule has 0 N–H and O–H groups in total. The van der Waals surface area contributed by atoms with Crippen molar-refractivity contribution in [1.82, 2.24) is 0 Å². The zero-order valence-electron chi connectivity index (χ0n) is 7.17. The van der Waals surface area contributed by atoms with Crippen LogP contribution in [0.1, 0.15) is 5.71 Å². The number of hydrogen-bond acceptors (Lipinski definition) is 0. The third-order valence-electron chi connectivity index (χ3n) is 0.0357. The first-order chi connectivity index (χ1) is 1.91. The molecule has 0 bridgehead atoms. The first kappa shape index (κ1) is 15.7. The molecule has 0 saturated carbocycles. The second kappa shape index (κ2) is 15.7. The van der Waals surface area contributed by atoms with Crippen LogP contribution in [0.4, 0.5) is 0 Å². The van der Waals surface area contributed by atoms with Gasteiger partial charge in [-0.25, -0.2) is 0 Å². The SMILES string of the molecule is BrC#CBr.[H-].[H-].[H-].[H-].[Mg+2].[Mg+2]. The van der Waals surface area contributed by atoms with Crippen LogP contribution >= 0.6 is 31.9 Å². The van der Waals surface area contributed by atoms with Crippen LogP contribution in [0.2, 0.25) is 0 Å². The van der Waals surface area contributed by atoms with E-state index in [-0.39, 0.29) is 51.8 Å². The molecule has 0 radical (unpaired) electrons. The van der Waals surface area contributed by atoms with E-state index >= 15 is 0 Å². The van der Waals surface area contributed by atoms with Crippen molar-refractivity contribution < 1.29 is 5.71 Å². The van der Waals surface area contributed by atoms with E-state index in [0.29, 0.717) is 0 Å². The van der Waals surface area contributed by atoms with Crippen LogP contribution in [0.5, 0.6) is 0 Å². The standard InChI is InChI=1S/C2Br2.2Mg.4H/c3-1-2-4;;;;;;/q;2*+2;4*-1. The van der Waals surface area contributed by atoms with Gasteiger partial charge in [0.1, 0.15) is 0 Å². The van der Waals surface area contributed by atoms with E-state index in [1.807, 2.05) is 0 Å². The molecule has 0 rings (SSSR count). The summed E-state index contributed by atoms with van der Waals surface area (Å²) in [6.45, 7) is 0. The van der Waals surface area contributed by atoms with Gasteiger partial charge >= 0.3 is 46.1 Å². The predicted molar refractivity (Wildman–Crippen MR) is 41.6 cm³/mol. The molecule has 0 saturated heterocycles. The van der Waals surface area contributed by atoms with E-state index < -0.39 is 0 Å². The Hall–Kier alpha value is 2.05. The fourth-order valence-electron chi connectivity index (χ4n) is 0. The van der Waals surface area contributed by atoms with Crippen molar-refractivity contribution in [3.63, 3.8) is 0 Å². The number of rotatable bonds is 0. The Morgan fingerprint density at radius 2 is 1.17 bits per heavy atom. The van der Waals surface area contributed by atoms with Crippen molar-refractivity contribution in [2.24, 2.45) is 0 Å². The Morgan fingerprint density at radius 1 is 1.00 bits per heavy atom. The summed E-state index contributed by atoms with van der Waals surface area (Å²) in [5, 5.41) is 0. The topological polar surface area (TPSA) is 0 Å². The van der Waals surface area contributed by atoms with Gasteiger partial charge in [-0.1, -0.05) is 0 Å². The van der Waals surface area contributed by atoms with E-state index in [1.165, 1.54) is 0 Å². The van der Waals surface area contributed by atoms with Gasteiger partial charge in [0.25, 0.3) is 0 Å². The van der Waals surface area contributed by atoms with Crippen molar-refractivity contribution in [3.05, 3.63) is 0 Å². The zero-order chi connectivity index (χ0) is 3.41. The monoisotopic (exact) mass is 234 g/mol. The summed E-state index contributed by atoms with van der Waals surface area (Å²) in [6, 6.07) is 0. The van der Waals surface area contributed by atoms with Crippen molar-refractivity contribution in [3.8, 4) is 9.66 Å². The van der Waals surface area contributed by atoms with Crippen LogP contribution in [-0.2, 0) is 0 Å². The molecular weight excluding hydrogens is 232 g/mol. The first-order valence-electron chi connectivity index (χ1n) is 0.628. The van der Waals surface area contributed by atoms with E-state index in [1.54, 1.807) is 0 Å². The Labute approximate surface area is 92.3 Å². The molecule has 0 atom stereocenters. The van der Waals surface area contributed by atoms with Crippen molar-refractivity contribution in [2.45, 2.75) is 0 Å². The molecule has 0 unspecified atom stereocenters. The minimum atomic E-state index is 0. The van der Waals surface area contributed by atoms with Gasteiger partial charge in [0.15, 0.2) is 0 Å². The van der Waals surface area contributed by atoms with Crippen LogP contribution in [0.3, 0.4) is 0 Å². The Bertz CT molecular complexity index is 56.0. The maximum Gasteiger partial charge on any atom is 2.00 e. The molecule has 0 aliphatic rings. The fourth-order valence-corrected chi connectivity index (χ4v) is 0. The molecule has 0 aromatic heterocycles. The van der Waals surface area contributed by atoms with Gasteiger partial charge in [-0.3, -0.25) is 0 Å². The summed E-state index contributed by atoms with van der Waals surface area (Å²) in [5.41, 5.74) is 0. The Kier molecular flexibility index (Phi) is 41.1. The largest absolute Gasteiger partial charge is 2.00 e. The zero-order valence-corrected chi connectivity index (χ0v) is 9.17. The van der Waals surface area contributed by atoms with Gasteiger partial charge in [0.2, 0.25) is 0 Å². The van der Waals surface area contributed by atoms with Crippen LogP contribution < -0.4 is 0 Å². The third-order valence-corrected chi connectivity index (χ3v) is 0.964. The molecule has 6 heavy (non-hydrogen) atoms. The van der Waals surface area contributed by atoms with E-state index in [0.717, 1.165) is 0 Å². The second-order valence-electron chi connectivity index (χ2n) is 0.189. The Balaban J connectivity index is -0.00000000300. The molecule has 0 spiro atoms. The first-order valence-corrected chi connectivity index (χ1v) is 2.21. The summed E-state index contributed by atoms with van der Waals surface area (Å²) < 4.78 is 0. The molecule has 0 aromatic rings. The van der Waals surface area contributed by atoms with E-state index in [2.05, 4.69) is 41.5 Å². The number of hydrogen-bond donors (Lipinski definition) is 0. The van der Waals surface area contributed by atoms with Crippen LogP contribution in [-0.4, -0.2) is 46.1 Å². The molecule has 0 fully saturated rings. The van der Waals surface area contributed by atoms with E-state index in [9.17, 15) is 0 Å². The molecular formula is C2H4Br2Mg2. The van der Waals surface area contributed by atoms with Gasteiger partial charge in [-0.2, -0.15) is 0 Å². The fraction of sp³-hybridized carbons (Fsp3) is 0. The van der Waals surface area contributed by atoms with Crippen molar-refractivity contribution in [2.75, 3.05) is 0 Å². The van der Waals surface area contributed by atoms with Crippen molar-refractivity contribution >= 4 is 78.0 Å². The molecule has 0 aliphatic carbocycles. The van der Waals surface area contributed by atoms with Crippen LogP contribution in [0.15, 0.2) is 0 Å². The normalized spacial score (nSPS) is 2.33. The average Bonchev–Trinajstić information content (AvgIpc) is 1.37. The summed E-state index contributed by atoms with van der Waals surface area (Å²) in [4.78, 5) is 4.82. The van der Waals surface area contributed by atoms with Crippen molar-refractivity contribution in [1.29, 1.82) is 0 Å². The summed E-state index contributed by atoms with van der Waals surface area (Å²) in [6.07, 6.45) is 0. The Morgan fingerprint density at radius 3 is 1.17 bits per heavy atom. The van der Waals surface area contributed by atoms with E-state index in [4.69, 9.17) is 0 Å². The second-order valence-corrected chi connectivity index (χ2v) is 0.982. The third kappa shape index (κ3) is 16.6. The minimum Gasteiger partial charge on any atom is -1.00 e. The average molecular weight is 236 g/mol. The molecule has 0 heterocycles. The molecule has 30 valence electrons. The minimum absolute atomic E-state index is 0. The molecule has 4 heteroatoms. The quantitative estimate of drug-likeness (QED) is 0.440.